The van der Waals surface area contributed by atoms with Gasteiger partial charge in [-0.1, -0.05) is 6.07 Å². The van der Waals surface area contributed by atoms with Crippen molar-refractivity contribution < 1.29 is 32.6 Å². The molecule has 3 aromatic rings. The Morgan fingerprint density at radius 1 is 1.22 bits per heavy atom. The van der Waals surface area contributed by atoms with Gasteiger partial charge in [0.25, 0.3) is 0 Å². The predicted octanol–water partition coefficient (Wildman–Crippen LogP) is 3.63. The van der Waals surface area contributed by atoms with Crippen LogP contribution in [0.2, 0.25) is 0 Å². The van der Waals surface area contributed by atoms with E-state index in [2.05, 4.69) is 14.7 Å². The van der Waals surface area contributed by atoms with Crippen molar-refractivity contribution in [3.05, 3.63) is 59.0 Å². The van der Waals surface area contributed by atoms with Crippen LogP contribution >= 0.6 is 0 Å². The summed E-state index contributed by atoms with van der Waals surface area (Å²) in [6.45, 7) is 1.37. The predicted molar refractivity (Wildman–Crippen MR) is 88.7 cm³/mol. The van der Waals surface area contributed by atoms with Crippen LogP contribution in [0.5, 0.6) is 5.75 Å². The maximum absolute atomic E-state index is 12.7. The van der Waals surface area contributed by atoms with E-state index in [1.807, 2.05) is 0 Å². The molecule has 0 spiro atoms. The van der Waals surface area contributed by atoms with Crippen molar-refractivity contribution in [3.8, 4) is 5.75 Å². The summed E-state index contributed by atoms with van der Waals surface area (Å²) in [5.74, 6) is -2.24. The van der Waals surface area contributed by atoms with Crippen LogP contribution in [-0.2, 0) is 11.2 Å². The second kappa shape index (κ2) is 6.75. The van der Waals surface area contributed by atoms with E-state index in [4.69, 9.17) is 0 Å². The maximum atomic E-state index is 12.7. The fourth-order valence-electron chi connectivity index (χ4n) is 2.90. The molecule has 0 saturated heterocycles. The number of nitrogens with zero attached hydrogens (tertiary/aromatic N) is 1. The number of aliphatic carboxylic acids is 1. The van der Waals surface area contributed by atoms with Crippen molar-refractivity contribution in [3.63, 3.8) is 0 Å². The number of aromatic nitrogens is 2. The molecule has 9 heteroatoms. The summed E-state index contributed by atoms with van der Waals surface area (Å²) in [5, 5.41) is 9.42. The first-order valence-corrected chi connectivity index (χ1v) is 7.75. The lowest BCUT2D eigenvalue weighted by Gasteiger charge is -2.12. The zero-order valence-corrected chi connectivity index (χ0v) is 13.9. The number of H-pyrrole nitrogens is 1. The topological polar surface area (TPSA) is 92.3 Å². The van der Waals surface area contributed by atoms with Gasteiger partial charge in [-0.2, -0.15) is 0 Å². The second-order valence-corrected chi connectivity index (χ2v) is 5.75. The number of hydrogen-bond acceptors (Lipinski definition) is 4. The largest absolute Gasteiger partial charge is 0.573 e. The van der Waals surface area contributed by atoms with Crippen LogP contribution in [0.4, 0.5) is 13.2 Å². The Hall–Kier alpha value is -3.36. The van der Waals surface area contributed by atoms with Crippen LogP contribution in [-0.4, -0.2) is 33.2 Å². The van der Waals surface area contributed by atoms with E-state index in [9.17, 15) is 27.9 Å². The number of alkyl halides is 3. The number of rotatable bonds is 5. The number of aromatic amines is 1. The maximum Gasteiger partial charge on any atom is 0.573 e. The van der Waals surface area contributed by atoms with Gasteiger partial charge in [-0.05, 0) is 31.2 Å². The van der Waals surface area contributed by atoms with Gasteiger partial charge >= 0.3 is 12.3 Å². The number of benzene rings is 1. The molecule has 0 aliphatic carbocycles. The molecule has 0 bridgehead atoms. The minimum absolute atomic E-state index is 0.0293. The summed E-state index contributed by atoms with van der Waals surface area (Å²) < 4.78 is 41.8. The van der Waals surface area contributed by atoms with Gasteiger partial charge in [0.1, 0.15) is 11.4 Å². The number of aryl methyl sites for hydroxylation is 1. The standard InChI is InChI=1S/C18H13F3N2O4/c1-9-13(27-18(19,20)21)6-5-11-15(9)10(8-14(24)25)16(23-11)17(26)12-4-2-3-7-22-12/h2-7,23H,8H2,1H3,(H,24,25). The number of carboxylic acid groups (broad SMARTS) is 1. The number of nitrogens with one attached hydrogen (secondary N) is 1. The quantitative estimate of drug-likeness (QED) is 0.662. The third-order valence-electron chi connectivity index (χ3n) is 3.96. The Bertz CT molecular complexity index is 1030. The van der Waals surface area contributed by atoms with Crippen LogP contribution < -0.4 is 4.74 Å². The molecule has 3 rings (SSSR count). The minimum Gasteiger partial charge on any atom is -0.481 e. The third-order valence-corrected chi connectivity index (χ3v) is 3.96. The van der Waals surface area contributed by atoms with Gasteiger partial charge in [-0.3, -0.25) is 14.6 Å². The Labute approximate surface area is 150 Å². The Kier molecular flexibility index (Phi) is 4.61. The Balaban J connectivity index is 2.21. The molecule has 0 aliphatic rings. The zero-order chi connectivity index (χ0) is 19.8. The number of ketones is 1. The van der Waals surface area contributed by atoms with Gasteiger partial charge in [0.2, 0.25) is 5.78 Å². The molecule has 1 aromatic carbocycles. The van der Waals surface area contributed by atoms with Crippen LogP contribution in [0.1, 0.15) is 27.3 Å². The number of hydrogen-bond donors (Lipinski definition) is 2. The molecular weight excluding hydrogens is 365 g/mol. The molecule has 2 aromatic heterocycles. The molecule has 0 radical (unpaired) electrons. The zero-order valence-electron chi connectivity index (χ0n) is 13.9. The van der Waals surface area contributed by atoms with Crippen molar-refractivity contribution in [1.29, 1.82) is 0 Å². The average Bonchev–Trinajstić information content (AvgIpc) is 2.95. The third kappa shape index (κ3) is 3.76. The molecule has 0 aliphatic heterocycles. The molecule has 0 unspecified atom stereocenters. The van der Waals surface area contributed by atoms with E-state index in [1.54, 1.807) is 12.1 Å². The number of ether oxygens (including phenoxy) is 1. The fourth-order valence-corrected chi connectivity index (χ4v) is 2.90. The molecule has 0 amide bonds. The molecule has 0 fully saturated rings. The smallest absolute Gasteiger partial charge is 0.481 e. The van der Waals surface area contributed by atoms with E-state index in [-0.39, 0.29) is 27.9 Å². The highest BCUT2D eigenvalue weighted by molar-refractivity contribution is 6.12. The lowest BCUT2D eigenvalue weighted by molar-refractivity contribution is -0.274. The van der Waals surface area contributed by atoms with Crippen LogP contribution in [0, 0.1) is 6.92 Å². The number of carbonyl (C=O) groups is 2. The molecule has 27 heavy (non-hydrogen) atoms. The van der Waals surface area contributed by atoms with E-state index >= 15 is 0 Å². The molecular formula is C18H13F3N2O4. The summed E-state index contributed by atoms with van der Waals surface area (Å²) in [5.41, 5.74) is 0.548. The Morgan fingerprint density at radius 2 is 1.96 bits per heavy atom. The number of pyridine rings is 1. The van der Waals surface area contributed by atoms with E-state index in [0.29, 0.717) is 5.52 Å². The van der Waals surface area contributed by atoms with Gasteiger partial charge in [-0.15, -0.1) is 13.2 Å². The number of fused-ring (bicyclic) bond motifs is 1. The van der Waals surface area contributed by atoms with Gasteiger partial charge in [0.15, 0.2) is 0 Å². The second-order valence-electron chi connectivity index (χ2n) is 5.75. The number of carbonyl (C=O) groups excluding carboxylic acids is 1. The minimum atomic E-state index is -4.89. The highest BCUT2D eigenvalue weighted by Gasteiger charge is 2.32. The molecule has 0 saturated carbocycles. The first-order valence-electron chi connectivity index (χ1n) is 7.75. The molecule has 140 valence electrons. The number of carboxylic acids is 1. The monoisotopic (exact) mass is 378 g/mol. The summed E-state index contributed by atoms with van der Waals surface area (Å²) in [4.78, 5) is 30.8. The van der Waals surface area contributed by atoms with Gasteiger partial charge in [0, 0.05) is 28.2 Å². The van der Waals surface area contributed by atoms with Crippen molar-refractivity contribution in [2.24, 2.45) is 0 Å². The normalized spacial score (nSPS) is 11.6. The number of halogens is 3. The molecule has 2 heterocycles. The fraction of sp³-hybridized carbons (Fsp3) is 0.167. The summed E-state index contributed by atoms with van der Waals surface area (Å²) in [7, 11) is 0. The lowest BCUT2D eigenvalue weighted by Crippen LogP contribution is -2.17. The summed E-state index contributed by atoms with van der Waals surface area (Å²) >= 11 is 0. The molecule has 0 atom stereocenters. The van der Waals surface area contributed by atoms with E-state index < -0.39 is 30.3 Å². The van der Waals surface area contributed by atoms with E-state index in [1.165, 1.54) is 25.3 Å². The van der Waals surface area contributed by atoms with Crippen molar-refractivity contribution in [2.75, 3.05) is 0 Å². The molecule has 6 nitrogen and oxygen atoms in total. The first-order chi connectivity index (χ1) is 12.7. The lowest BCUT2D eigenvalue weighted by atomic mass is 10.00. The van der Waals surface area contributed by atoms with Crippen LogP contribution in [0.25, 0.3) is 10.9 Å². The van der Waals surface area contributed by atoms with Gasteiger partial charge in [-0.25, -0.2) is 0 Å². The van der Waals surface area contributed by atoms with Crippen LogP contribution in [0.3, 0.4) is 0 Å². The Morgan fingerprint density at radius 3 is 2.56 bits per heavy atom. The van der Waals surface area contributed by atoms with Gasteiger partial charge in [0.05, 0.1) is 12.1 Å². The SMILES string of the molecule is Cc1c(OC(F)(F)F)ccc2[nH]c(C(=O)c3ccccn3)c(CC(=O)O)c12. The first kappa shape index (κ1) is 18.4. The highest BCUT2D eigenvalue weighted by Crippen LogP contribution is 2.35. The van der Waals surface area contributed by atoms with Crippen LogP contribution in [0.15, 0.2) is 36.5 Å². The average molecular weight is 378 g/mol. The van der Waals surface area contributed by atoms with Crippen molar-refractivity contribution in [2.45, 2.75) is 19.7 Å². The summed E-state index contributed by atoms with van der Waals surface area (Å²) in [6.07, 6.45) is -4.04. The molecule has 2 N–H and O–H groups in total. The van der Waals surface area contributed by atoms with E-state index in [0.717, 1.165) is 6.07 Å². The van der Waals surface area contributed by atoms with Crippen molar-refractivity contribution in [1.82, 2.24) is 9.97 Å². The summed E-state index contributed by atoms with van der Waals surface area (Å²) in [6, 6.07) is 7.10. The van der Waals surface area contributed by atoms with Crippen molar-refractivity contribution >= 4 is 22.7 Å². The highest BCUT2D eigenvalue weighted by atomic mass is 19.4. The van der Waals surface area contributed by atoms with Gasteiger partial charge < -0.3 is 14.8 Å².